The molecule has 0 aromatic heterocycles. The lowest BCUT2D eigenvalue weighted by Crippen LogP contribution is -2.40. The van der Waals surface area contributed by atoms with Crippen molar-refractivity contribution < 1.29 is 9.90 Å². The standard InChI is InChI=1S/C13H18N2O2/c1-15-8-4-5-10(9-15)14-12-7-3-2-6-11(12)13(16)17/h2-3,6-7,10,14H,4-5,8-9H2,1H3,(H,16,17). The number of hydrogen-bond donors (Lipinski definition) is 2. The number of carboxylic acids is 1. The van der Waals surface area contributed by atoms with E-state index in [1.54, 1.807) is 12.1 Å². The van der Waals surface area contributed by atoms with Crippen LogP contribution in [0.4, 0.5) is 5.69 Å². The molecule has 1 aliphatic rings. The minimum atomic E-state index is -0.878. The molecule has 0 spiro atoms. The summed E-state index contributed by atoms with van der Waals surface area (Å²) >= 11 is 0. The number of likely N-dealkylation sites (N-methyl/N-ethyl adjacent to an activating group) is 1. The first-order chi connectivity index (χ1) is 8.16. The fourth-order valence-electron chi connectivity index (χ4n) is 2.30. The van der Waals surface area contributed by atoms with Crippen molar-refractivity contribution in [1.82, 2.24) is 4.90 Å². The normalized spacial score (nSPS) is 21.1. The van der Waals surface area contributed by atoms with E-state index in [0.29, 0.717) is 11.6 Å². The van der Waals surface area contributed by atoms with Gasteiger partial charge in [-0.25, -0.2) is 4.79 Å². The summed E-state index contributed by atoms with van der Waals surface area (Å²) in [6, 6.07) is 7.42. The molecule has 1 heterocycles. The van der Waals surface area contributed by atoms with Crippen molar-refractivity contribution >= 4 is 11.7 Å². The van der Waals surface area contributed by atoms with E-state index in [4.69, 9.17) is 5.11 Å². The second-order valence-corrected chi connectivity index (χ2v) is 4.60. The maximum Gasteiger partial charge on any atom is 0.337 e. The van der Waals surface area contributed by atoms with Gasteiger partial charge >= 0.3 is 5.97 Å². The van der Waals surface area contributed by atoms with Gasteiger partial charge in [0.1, 0.15) is 0 Å². The van der Waals surface area contributed by atoms with Gasteiger partial charge in [-0.3, -0.25) is 0 Å². The smallest absolute Gasteiger partial charge is 0.337 e. The van der Waals surface area contributed by atoms with Crippen LogP contribution in [0.25, 0.3) is 0 Å². The van der Waals surface area contributed by atoms with Crippen LogP contribution in [0.15, 0.2) is 24.3 Å². The summed E-state index contributed by atoms with van der Waals surface area (Å²) < 4.78 is 0. The summed E-state index contributed by atoms with van der Waals surface area (Å²) in [5.41, 5.74) is 1.07. The maximum atomic E-state index is 11.1. The molecule has 1 aromatic rings. The van der Waals surface area contributed by atoms with Crippen LogP contribution in [-0.4, -0.2) is 42.2 Å². The third-order valence-corrected chi connectivity index (χ3v) is 3.14. The first-order valence-electron chi connectivity index (χ1n) is 5.94. The lowest BCUT2D eigenvalue weighted by Gasteiger charge is -2.31. The number of carbonyl (C=O) groups is 1. The largest absolute Gasteiger partial charge is 0.478 e. The molecule has 4 heteroatoms. The van der Waals surface area contributed by atoms with Crippen molar-refractivity contribution in [2.24, 2.45) is 0 Å². The number of aromatic carboxylic acids is 1. The summed E-state index contributed by atoms with van der Waals surface area (Å²) in [6.07, 6.45) is 2.25. The topological polar surface area (TPSA) is 52.6 Å². The molecule has 1 aliphatic heterocycles. The fourth-order valence-corrected chi connectivity index (χ4v) is 2.30. The number of rotatable bonds is 3. The van der Waals surface area contributed by atoms with Gasteiger partial charge in [-0.1, -0.05) is 12.1 Å². The van der Waals surface area contributed by atoms with Crippen molar-refractivity contribution in [3.8, 4) is 0 Å². The third-order valence-electron chi connectivity index (χ3n) is 3.14. The molecule has 2 N–H and O–H groups in total. The highest BCUT2D eigenvalue weighted by atomic mass is 16.4. The molecule has 1 atom stereocenters. The van der Waals surface area contributed by atoms with Gasteiger partial charge < -0.3 is 15.3 Å². The minimum Gasteiger partial charge on any atom is -0.478 e. The lowest BCUT2D eigenvalue weighted by atomic mass is 10.0. The highest BCUT2D eigenvalue weighted by molar-refractivity contribution is 5.94. The molecule has 0 amide bonds. The van der Waals surface area contributed by atoms with Gasteiger partial charge in [0.15, 0.2) is 0 Å². The Kier molecular flexibility index (Phi) is 3.64. The Labute approximate surface area is 101 Å². The molecule has 92 valence electrons. The van der Waals surface area contributed by atoms with Gasteiger partial charge in [-0.15, -0.1) is 0 Å². The van der Waals surface area contributed by atoms with Gasteiger partial charge in [-0.2, -0.15) is 0 Å². The predicted octanol–water partition coefficient (Wildman–Crippen LogP) is 1.89. The van der Waals surface area contributed by atoms with E-state index >= 15 is 0 Å². The van der Waals surface area contributed by atoms with Gasteiger partial charge in [0, 0.05) is 18.3 Å². The molecule has 0 saturated carbocycles. The fraction of sp³-hybridized carbons (Fsp3) is 0.462. The van der Waals surface area contributed by atoms with Crippen molar-refractivity contribution in [3.63, 3.8) is 0 Å². The lowest BCUT2D eigenvalue weighted by molar-refractivity contribution is 0.0698. The monoisotopic (exact) mass is 234 g/mol. The Morgan fingerprint density at radius 1 is 1.47 bits per heavy atom. The van der Waals surface area contributed by atoms with Crippen molar-refractivity contribution in [1.29, 1.82) is 0 Å². The first kappa shape index (κ1) is 11.9. The number of para-hydroxylation sites is 1. The molecular formula is C13H18N2O2. The number of likely N-dealkylation sites (tertiary alicyclic amines) is 1. The number of anilines is 1. The molecule has 2 rings (SSSR count). The Morgan fingerprint density at radius 3 is 2.94 bits per heavy atom. The van der Waals surface area contributed by atoms with Crippen LogP contribution in [0.5, 0.6) is 0 Å². The number of nitrogens with one attached hydrogen (secondary N) is 1. The van der Waals surface area contributed by atoms with Gasteiger partial charge in [0.25, 0.3) is 0 Å². The number of carboxylic acid groups (broad SMARTS) is 1. The number of hydrogen-bond acceptors (Lipinski definition) is 3. The van der Waals surface area contributed by atoms with Crippen molar-refractivity contribution in [2.75, 3.05) is 25.5 Å². The number of nitrogens with zero attached hydrogens (tertiary/aromatic N) is 1. The molecule has 1 unspecified atom stereocenters. The summed E-state index contributed by atoms with van der Waals surface area (Å²) in [4.78, 5) is 13.3. The van der Waals surface area contributed by atoms with E-state index in [1.165, 1.54) is 0 Å². The van der Waals surface area contributed by atoms with E-state index in [1.807, 2.05) is 12.1 Å². The zero-order chi connectivity index (χ0) is 12.3. The Morgan fingerprint density at radius 2 is 2.24 bits per heavy atom. The summed E-state index contributed by atoms with van der Waals surface area (Å²) in [6.45, 7) is 2.09. The Hall–Kier alpha value is -1.55. The second kappa shape index (κ2) is 5.19. The average molecular weight is 234 g/mol. The van der Waals surface area contributed by atoms with E-state index in [-0.39, 0.29) is 0 Å². The Balaban J connectivity index is 2.10. The highest BCUT2D eigenvalue weighted by Crippen LogP contribution is 2.19. The molecule has 17 heavy (non-hydrogen) atoms. The third kappa shape index (κ3) is 2.97. The number of piperidine rings is 1. The second-order valence-electron chi connectivity index (χ2n) is 4.60. The zero-order valence-corrected chi connectivity index (χ0v) is 10.0. The van der Waals surface area contributed by atoms with Crippen LogP contribution in [-0.2, 0) is 0 Å². The molecule has 0 bridgehead atoms. The van der Waals surface area contributed by atoms with Gasteiger partial charge in [0.05, 0.1) is 5.56 Å². The van der Waals surface area contributed by atoms with Crippen LogP contribution in [0, 0.1) is 0 Å². The maximum absolute atomic E-state index is 11.1. The van der Waals surface area contributed by atoms with Crippen LogP contribution >= 0.6 is 0 Å². The highest BCUT2D eigenvalue weighted by Gasteiger charge is 2.18. The summed E-state index contributed by atoms with van der Waals surface area (Å²) in [5.74, 6) is -0.878. The summed E-state index contributed by atoms with van der Waals surface area (Å²) in [7, 11) is 2.09. The zero-order valence-electron chi connectivity index (χ0n) is 10.0. The first-order valence-corrected chi connectivity index (χ1v) is 5.94. The predicted molar refractivity (Wildman–Crippen MR) is 67.5 cm³/mol. The van der Waals surface area contributed by atoms with E-state index in [2.05, 4.69) is 17.3 Å². The molecule has 0 radical (unpaired) electrons. The van der Waals surface area contributed by atoms with Crippen molar-refractivity contribution in [2.45, 2.75) is 18.9 Å². The number of benzene rings is 1. The summed E-state index contributed by atoms with van der Waals surface area (Å²) in [5, 5.41) is 12.4. The molecular weight excluding hydrogens is 216 g/mol. The minimum absolute atomic E-state index is 0.342. The average Bonchev–Trinajstić information content (AvgIpc) is 2.29. The van der Waals surface area contributed by atoms with E-state index in [0.717, 1.165) is 31.6 Å². The molecule has 4 nitrogen and oxygen atoms in total. The van der Waals surface area contributed by atoms with Crippen LogP contribution < -0.4 is 5.32 Å². The SMILES string of the molecule is CN1CCCC(Nc2ccccc2C(=O)O)C1. The Bertz CT molecular complexity index is 406. The quantitative estimate of drug-likeness (QED) is 0.838. The van der Waals surface area contributed by atoms with Crippen LogP contribution in [0.2, 0.25) is 0 Å². The molecule has 0 aliphatic carbocycles. The van der Waals surface area contributed by atoms with Gasteiger partial charge in [0.2, 0.25) is 0 Å². The van der Waals surface area contributed by atoms with Crippen LogP contribution in [0.1, 0.15) is 23.2 Å². The molecule has 1 fully saturated rings. The van der Waals surface area contributed by atoms with E-state index in [9.17, 15) is 4.79 Å². The molecule has 1 aromatic carbocycles. The van der Waals surface area contributed by atoms with Crippen molar-refractivity contribution in [3.05, 3.63) is 29.8 Å². The van der Waals surface area contributed by atoms with E-state index < -0.39 is 5.97 Å². The van der Waals surface area contributed by atoms with Gasteiger partial charge in [-0.05, 0) is 38.6 Å². The van der Waals surface area contributed by atoms with Crippen LogP contribution in [0.3, 0.4) is 0 Å². The molecule has 1 saturated heterocycles.